The Hall–Kier alpha value is -2.31. The number of hydrogen-bond acceptors (Lipinski definition) is 5. The fourth-order valence-corrected chi connectivity index (χ4v) is 2.63. The van der Waals surface area contributed by atoms with Crippen molar-refractivity contribution in [2.45, 2.75) is 26.3 Å². The van der Waals surface area contributed by atoms with Crippen molar-refractivity contribution in [3.05, 3.63) is 18.6 Å². The van der Waals surface area contributed by atoms with E-state index in [1.807, 2.05) is 42.5 Å². The lowest BCUT2D eigenvalue weighted by atomic mass is 9.99. The highest BCUT2D eigenvalue weighted by molar-refractivity contribution is 5.91. The zero-order valence-corrected chi connectivity index (χ0v) is 12.6. The highest BCUT2D eigenvalue weighted by atomic mass is 16.2. The summed E-state index contributed by atoms with van der Waals surface area (Å²) in [6.07, 6.45) is 5.54. The lowest BCUT2D eigenvalue weighted by Gasteiger charge is -2.42. The van der Waals surface area contributed by atoms with Crippen molar-refractivity contribution in [1.82, 2.24) is 19.7 Å². The van der Waals surface area contributed by atoms with Gasteiger partial charge >= 0.3 is 0 Å². The van der Waals surface area contributed by atoms with Crippen LogP contribution in [-0.4, -0.2) is 45.4 Å². The third kappa shape index (κ3) is 2.18. The van der Waals surface area contributed by atoms with Crippen molar-refractivity contribution in [2.24, 2.45) is 0 Å². The van der Waals surface area contributed by atoms with Crippen LogP contribution in [0.15, 0.2) is 18.6 Å². The van der Waals surface area contributed by atoms with Crippen LogP contribution >= 0.6 is 0 Å². The molecule has 0 bridgehead atoms. The molecule has 112 valence electrons. The Morgan fingerprint density at radius 1 is 1.48 bits per heavy atom. The summed E-state index contributed by atoms with van der Waals surface area (Å²) in [5.74, 6) is 1.52. The Kier molecular flexibility index (Phi) is 3.19. The van der Waals surface area contributed by atoms with Gasteiger partial charge in [0.05, 0.1) is 6.20 Å². The molecule has 2 aromatic rings. The summed E-state index contributed by atoms with van der Waals surface area (Å²) in [5.41, 5.74) is 0.113. The monoisotopic (exact) mass is 288 g/mol. The number of carbonyl (C=O) groups is 1. The molecule has 7 heteroatoms. The van der Waals surface area contributed by atoms with Crippen molar-refractivity contribution in [1.29, 1.82) is 0 Å². The molecule has 1 aliphatic heterocycles. The first-order valence-electron chi connectivity index (χ1n) is 7.17. The van der Waals surface area contributed by atoms with Crippen molar-refractivity contribution in [2.75, 3.05) is 29.9 Å². The average Bonchev–Trinajstić information content (AvgIpc) is 2.90. The molecular weight excluding hydrogens is 268 g/mol. The van der Waals surface area contributed by atoms with Crippen molar-refractivity contribution >= 4 is 23.2 Å². The van der Waals surface area contributed by atoms with Crippen LogP contribution in [0.1, 0.15) is 20.8 Å². The molecule has 1 amide bonds. The van der Waals surface area contributed by atoms with Crippen LogP contribution in [0.5, 0.6) is 0 Å². The van der Waals surface area contributed by atoms with Crippen molar-refractivity contribution in [3.8, 4) is 0 Å². The zero-order valence-electron chi connectivity index (χ0n) is 12.6. The number of imidazole rings is 1. The molecule has 0 aromatic carbocycles. The molecule has 2 aromatic heterocycles. The highest BCUT2D eigenvalue weighted by Gasteiger charge is 2.39. The van der Waals surface area contributed by atoms with E-state index in [2.05, 4.69) is 20.6 Å². The van der Waals surface area contributed by atoms with Gasteiger partial charge in [-0.1, -0.05) is 0 Å². The second kappa shape index (κ2) is 4.91. The maximum atomic E-state index is 12.2. The summed E-state index contributed by atoms with van der Waals surface area (Å²) in [7, 11) is 0. The molecule has 0 atom stereocenters. The first-order chi connectivity index (χ1) is 10.0. The number of amides is 1. The van der Waals surface area contributed by atoms with Crippen LogP contribution in [0.3, 0.4) is 0 Å². The number of hydrogen-bond donors (Lipinski definition) is 2. The average molecular weight is 288 g/mol. The normalized spacial score (nSPS) is 17.9. The molecule has 7 nitrogen and oxygen atoms in total. The third-order valence-corrected chi connectivity index (χ3v) is 3.82. The molecule has 1 saturated heterocycles. The van der Waals surface area contributed by atoms with Gasteiger partial charge in [-0.2, -0.15) is 0 Å². The van der Waals surface area contributed by atoms with Gasteiger partial charge in [-0.25, -0.2) is 9.97 Å². The van der Waals surface area contributed by atoms with Gasteiger partial charge in [0.15, 0.2) is 11.5 Å². The van der Waals surface area contributed by atoms with Crippen LogP contribution < -0.4 is 15.5 Å². The number of rotatable bonds is 3. The second-order valence-electron chi connectivity index (χ2n) is 5.60. The summed E-state index contributed by atoms with van der Waals surface area (Å²) in [4.78, 5) is 23.2. The molecule has 0 radical (unpaired) electrons. The molecule has 0 aliphatic carbocycles. The fraction of sp³-hybridized carbons (Fsp3) is 0.500. The summed E-state index contributed by atoms with van der Waals surface area (Å²) in [6, 6.07) is 0. The van der Waals surface area contributed by atoms with E-state index in [0.29, 0.717) is 13.1 Å². The maximum absolute atomic E-state index is 12.2. The number of nitrogens with one attached hydrogen (secondary N) is 2. The third-order valence-electron chi connectivity index (χ3n) is 3.82. The molecule has 1 aliphatic rings. The summed E-state index contributed by atoms with van der Waals surface area (Å²) in [6.45, 7) is 7.95. The predicted octanol–water partition coefficient (Wildman–Crippen LogP) is 0.876. The minimum absolute atomic E-state index is 0.00844. The Bertz CT molecular complexity index is 677. The van der Waals surface area contributed by atoms with Gasteiger partial charge in [-0.3, -0.25) is 4.79 Å². The van der Waals surface area contributed by atoms with Crippen LogP contribution in [0.25, 0.3) is 5.65 Å². The Balaban J connectivity index is 2.13. The van der Waals surface area contributed by atoms with E-state index >= 15 is 0 Å². The minimum atomic E-state index is -0.650. The molecule has 2 N–H and O–H groups in total. The van der Waals surface area contributed by atoms with Gasteiger partial charge in [-0.15, -0.1) is 0 Å². The highest BCUT2D eigenvalue weighted by Crippen LogP contribution is 2.28. The summed E-state index contributed by atoms with van der Waals surface area (Å²) >= 11 is 0. The molecule has 0 spiro atoms. The SMILES string of the molecule is CCNc1cn2ccnc2c(N2CCNC(=O)C2(C)C)n1. The van der Waals surface area contributed by atoms with Gasteiger partial charge < -0.3 is 19.9 Å². The number of anilines is 2. The Morgan fingerprint density at radius 3 is 3.05 bits per heavy atom. The zero-order chi connectivity index (χ0) is 15.0. The maximum Gasteiger partial charge on any atom is 0.245 e. The van der Waals surface area contributed by atoms with Gasteiger partial charge in [-0.05, 0) is 20.8 Å². The van der Waals surface area contributed by atoms with E-state index in [-0.39, 0.29) is 5.91 Å². The quantitative estimate of drug-likeness (QED) is 0.877. The standard InChI is InChI=1S/C14H20N6O/c1-4-15-10-9-19-7-5-16-11(19)12(18-10)20-8-6-17-13(21)14(20,2)3/h5,7,9,15H,4,6,8H2,1-3H3,(H,17,21). The van der Waals surface area contributed by atoms with Crippen molar-refractivity contribution < 1.29 is 4.79 Å². The summed E-state index contributed by atoms with van der Waals surface area (Å²) in [5, 5.41) is 6.12. The smallest absolute Gasteiger partial charge is 0.245 e. The topological polar surface area (TPSA) is 74.6 Å². The van der Waals surface area contributed by atoms with Crippen LogP contribution in [0.2, 0.25) is 0 Å². The van der Waals surface area contributed by atoms with Crippen molar-refractivity contribution in [3.63, 3.8) is 0 Å². The molecule has 3 heterocycles. The molecule has 3 rings (SSSR count). The Morgan fingerprint density at radius 2 is 2.29 bits per heavy atom. The van der Waals surface area contributed by atoms with Crippen LogP contribution in [0, 0.1) is 0 Å². The van der Waals surface area contributed by atoms with E-state index in [9.17, 15) is 4.79 Å². The first-order valence-corrected chi connectivity index (χ1v) is 7.17. The lowest BCUT2D eigenvalue weighted by Crippen LogP contribution is -2.62. The largest absolute Gasteiger partial charge is 0.369 e. The van der Waals surface area contributed by atoms with Gasteiger partial charge in [0.1, 0.15) is 11.4 Å². The molecule has 0 saturated carbocycles. The number of piperazine rings is 1. The number of nitrogens with zero attached hydrogens (tertiary/aromatic N) is 4. The predicted molar refractivity (Wildman–Crippen MR) is 81.6 cm³/mol. The fourth-order valence-electron chi connectivity index (χ4n) is 2.63. The molecule has 1 fully saturated rings. The molecule has 0 unspecified atom stereocenters. The number of carbonyl (C=O) groups excluding carboxylic acids is 1. The van der Waals surface area contributed by atoms with Crippen LogP contribution in [-0.2, 0) is 4.79 Å². The van der Waals surface area contributed by atoms with Gasteiger partial charge in [0.25, 0.3) is 0 Å². The molecular formula is C14H20N6O. The van der Waals surface area contributed by atoms with E-state index in [1.54, 1.807) is 6.20 Å². The molecule has 21 heavy (non-hydrogen) atoms. The van der Waals surface area contributed by atoms with Gasteiger partial charge in [0, 0.05) is 32.0 Å². The number of aromatic nitrogens is 3. The Labute approximate surface area is 123 Å². The lowest BCUT2D eigenvalue weighted by molar-refractivity contribution is -0.126. The van der Waals surface area contributed by atoms with E-state index < -0.39 is 5.54 Å². The van der Waals surface area contributed by atoms with E-state index in [0.717, 1.165) is 23.8 Å². The second-order valence-corrected chi connectivity index (χ2v) is 5.60. The van der Waals surface area contributed by atoms with E-state index in [4.69, 9.17) is 0 Å². The van der Waals surface area contributed by atoms with Crippen LogP contribution in [0.4, 0.5) is 11.6 Å². The van der Waals surface area contributed by atoms with Gasteiger partial charge in [0.2, 0.25) is 5.91 Å². The first kappa shape index (κ1) is 13.7. The summed E-state index contributed by atoms with van der Waals surface area (Å²) < 4.78 is 1.93. The minimum Gasteiger partial charge on any atom is -0.369 e. The number of fused-ring (bicyclic) bond motifs is 1. The van der Waals surface area contributed by atoms with E-state index in [1.165, 1.54) is 0 Å².